The lowest BCUT2D eigenvalue weighted by molar-refractivity contribution is -0.130. The SMILES string of the molecule is COc1cc(NC2CCOC3(CCC3)C2)ccc1F. The summed E-state index contributed by atoms with van der Waals surface area (Å²) >= 11 is 0. The number of benzene rings is 1. The van der Waals surface area contributed by atoms with E-state index in [9.17, 15) is 4.39 Å². The van der Waals surface area contributed by atoms with Gasteiger partial charge < -0.3 is 14.8 Å². The van der Waals surface area contributed by atoms with Crippen molar-refractivity contribution in [1.82, 2.24) is 0 Å². The van der Waals surface area contributed by atoms with Crippen LogP contribution >= 0.6 is 0 Å². The van der Waals surface area contributed by atoms with E-state index in [2.05, 4.69) is 5.32 Å². The second kappa shape index (κ2) is 5.00. The molecule has 1 unspecified atom stereocenters. The molecule has 1 spiro atoms. The summed E-state index contributed by atoms with van der Waals surface area (Å²) < 4.78 is 24.3. The minimum Gasteiger partial charge on any atom is -0.494 e. The molecule has 1 atom stereocenters. The molecule has 1 saturated carbocycles. The quantitative estimate of drug-likeness (QED) is 0.909. The largest absolute Gasteiger partial charge is 0.494 e. The van der Waals surface area contributed by atoms with Crippen LogP contribution in [0.2, 0.25) is 0 Å². The third kappa shape index (κ3) is 2.54. The fourth-order valence-electron chi connectivity index (χ4n) is 3.06. The molecule has 1 heterocycles. The van der Waals surface area contributed by atoms with Gasteiger partial charge >= 0.3 is 0 Å². The van der Waals surface area contributed by atoms with Crippen molar-refractivity contribution >= 4 is 5.69 Å². The van der Waals surface area contributed by atoms with E-state index in [4.69, 9.17) is 9.47 Å². The van der Waals surface area contributed by atoms with Gasteiger partial charge in [0.1, 0.15) is 0 Å². The van der Waals surface area contributed by atoms with Gasteiger partial charge in [0, 0.05) is 24.4 Å². The first kappa shape index (κ1) is 12.7. The molecule has 1 N–H and O–H groups in total. The van der Waals surface area contributed by atoms with Gasteiger partial charge in [-0.2, -0.15) is 0 Å². The van der Waals surface area contributed by atoms with Gasteiger partial charge in [0.05, 0.1) is 12.7 Å². The summed E-state index contributed by atoms with van der Waals surface area (Å²) in [6.45, 7) is 0.815. The van der Waals surface area contributed by atoms with E-state index in [-0.39, 0.29) is 17.2 Å². The van der Waals surface area contributed by atoms with Crippen LogP contribution < -0.4 is 10.1 Å². The molecule has 0 aromatic heterocycles. The van der Waals surface area contributed by atoms with Gasteiger partial charge in [-0.05, 0) is 44.2 Å². The molecule has 1 saturated heterocycles. The van der Waals surface area contributed by atoms with Crippen molar-refractivity contribution in [1.29, 1.82) is 0 Å². The van der Waals surface area contributed by atoms with Crippen molar-refractivity contribution in [3.05, 3.63) is 24.0 Å². The molecule has 0 radical (unpaired) electrons. The molecule has 3 rings (SSSR count). The van der Waals surface area contributed by atoms with Crippen LogP contribution in [0.15, 0.2) is 18.2 Å². The summed E-state index contributed by atoms with van der Waals surface area (Å²) in [7, 11) is 1.49. The van der Waals surface area contributed by atoms with Crippen LogP contribution in [0, 0.1) is 5.82 Å². The van der Waals surface area contributed by atoms with Gasteiger partial charge in [-0.25, -0.2) is 4.39 Å². The summed E-state index contributed by atoms with van der Waals surface area (Å²) in [4.78, 5) is 0. The Morgan fingerprint density at radius 1 is 1.42 bits per heavy atom. The van der Waals surface area contributed by atoms with Crippen LogP contribution in [0.3, 0.4) is 0 Å². The van der Waals surface area contributed by atoms with Crippen molar-refractivity contribution in [3.63, 3.8) is 0 Å². The number of hydrogen-bond acceptors (Lipinski definition) is 3. The predicted octanol–water partition coefficient (Wildman–Crippen LogP) is 3.35. The van der Waals surface area contributed by atoms with Crippen LogP contribution in [0.25, 0.3) is 0 Å². The summed E-state index contributed by atoms with van der Waals surface area (Å²) in [6.07, 6.45) is 5.68. The lowest BCUT2D eigenvalue weighted by Crippen LogP contribution is -2.49. The molecule has 1 aromatic carbocycles. The third-order valence-corrected chi connectivity index (χ3v) is 4.28. The number of rotatable bonds is 3. The summed E-state index contributed by atoms with van der Waals surface area (Å²) in [6, 6.07) is 5.34. The van der Waals surface area contributed by atoms with Crippen LogP contribution in [0.5, 0.6) is 5.75 Å². The van der Waals surface area contributed by atoms with Crippen molar-refractivity contribution in [2.75, 3.05) is 19.0 Å². The molecule has 1 aromatic rings. The minimum absolute atomic E-state index is 0.125. The second-order valence-corrected chi connectivity index (χ2v) is 5.57. The molecule has 2 aliphatic rings. The number of hydrogen-bond donors (Lipinski definition) is 1. The molecule has 2 fully saturated rings. The first-order valence-corrected chi connectivity index (χ1v) is 6.95. The smallest absolute Gasteiger partial charge is 0.165 e. The molecule has 1 aliphatic heterocycles. The Labute approximate surface area is 113 Å². The van der Waals surface area contributed by atoms with E-state index in [1.807, 2.05) is 0 Å². The van der Waals surface area contributed by atoms with Crippen molar-refractivity contribution in [3.8, 4) is 5.75 Å². The molecular weight excluding hydrogens is 245 g/mol. The average Bonchev–Trinajstić information content (AvgIpc) is 2.39. The van der Waals surface area contributed by atoms with E-state index in [0.29, 0.717) is 6.04 Å². The van der Waals surface area contributed by atoms with Gasteiger partial charge in [-0.15, -0.1) is 0 Å². The maximum Gasteiger partial charge on any atom is 0.165 e. The molecule has 0 bridgehead atoms. The maximum absolute atomic E-state index is 13.4. The van der Waals surface area contributed by atoms with E-state index >= 15 is 0 Å². The molecule has 3 nitrogen and oxygen atoms in total. The Balaban J connectivity index is 1.67. The Morgan fingerprint density at radius 3 is 2.95 bits per heavy atom. The molecule has 4 heteroatoms. The second-order valence-electron chi connectivity index (χ2n) is 5.57. The predicted molar refractivity (Wildman–Crippen MR) is 72.1 cm³/mol. The Hall–Kier alpha value is -1.29. The number of nitrogens with one attached hydrogen (secondary N) is 1. The lowest BCUT2D eigenvalue weighted by Gasteiger charge is -2.47. The molecular formula is C15H20FNO2. The Morgan fingerprint density at radius 2 is 2.26 bits per heavy atom. The average molecular weight is 265 g/mol. The van der Waals surface area contributed by atoms with Crippen molar-refractivity contribution in [2.45, 2.75) is 43.7 Å². The standard InChI is InChI=1S/C15H20FNO2/c1-18-14-9-11(3-4-13(14)16)17-12-5-8-19-15(10-12)6-2-7-15/h3-4,9,12,17H,2,5-8,10H2,1H3. The maximum atomic E-state index is 13.4. The third-order valence-electron chi connectivity index (χ3n) is 4.28. The zero-order valence-electron chi connectivity index (χ0n) is 11.2. The van der Waals surface area contributed by atoms with Gasteiger partial charge in [-0.1, -0.05) is 0 Å². The zero-order valence-corrected chi connectivity index (χ0v) is 11.2. The van der Waals surface area contributed by atoms with E-state index in [1.165, 1.54) is 32.4 Å². The molecule has 19 heavy (non-hydrogen) atoms. The number of halogens is 1. The molecule has 1 aliphatic carbocycles. The first-order valence-electron chi connectivity index (χ1n) is 6.95. The van der Waals surface area contributed by atoms with Crippen LogP contribution in [-0.2, 0) is 4.74 Å². The number of methoxy groups -OCH3 is 1. The summed E-state index contributed by atoms with van der Waals surface area (Å²) in [5, 5.41) is 3.48. The fraction of sp³-hybridized carbons (Fsp3) is 0.600. The molecule has 104 valence electrons. The van der Waals surface area contributed by atoms with Crippen LogP contribution in [0.1, 0.15) is 32.1 Å². The van der Waals surface area contributed by atoms with E-state index < -0.39 is 0 Å². The highest BCUT2D eigenvalue weighted by Crippen LogP contribution is 2.42. The van der Waals surface area contributed by atoms with Crippen LogP contribution in [-0.4, -0.2) is 25.4 Å². The Bertz CT molecular complexity index is 459. The van der Waals surface area contributed by atoms with Crippen LogP contribution in [0.4, 0.5) is 10.1 Å². The van der Waals surface area contributed by atoms with Gasteiger partial charge in [0.2, 0.25) is 0 Å². The van der Waals surface area contributed by atoms with E-state index in [1.54, 1.807) is 12.1 Å². The highest BCUT2D eigenvalue weighted by Gasteiger charge is 2.42. The monoisotopic (exact) mass is 265 g/mol. The topological polar surface area (TPSA) is 30.5 Å². The normalized spacial score (nSPS) is 24.8. The number of anilines is 1. The summed E-state index contributed by atoms with van der Waals surface area (Å²) in [5.74, 6) is -0.0362. The zero-order chi connectivity index (χ0) is 13.3. The fourth-order valence-corrected chi connectivity index (χ4v) is 3.06. The Kier molecular flexibility index (Phi) is 3.35. The molecule has 0 amide bonds. The van der Waals surface area contributed by atoms with Gasteiger partial charge in [0.15, 0.2) is 11.6 Å². The number of ether oxygens (including phenoxy) is 2. The van der Waals surface area contributed by atoms with Crippen molar-refractivity contribution < 1.29 is 13.9 Å². The first-order chi connectivity index (χ1) is 9.21. The highest BCUT2D eigenvalue weighted by molar-refractivity contribution is 5.49. The minimum atomic E-state index is -0.324. The van der Waals surface area contributed by atoms with E-state index in [0.717, 1.165) is 25.1 Å². The lowest BCUT2D eigenvalue weighted by atomic mass is 9.74. The van der Waals surface area contributed by atoms with Crippen molar-refractivity contribution in [2.24, 2.45) is 0 Å². The van der Waals surface area contributed by atoms with Gasteiger partial charge in [-0.3, -0.25) is 0 Å². The highest BCUT2D eigenvalue weighted by atomic mass is 19.1. The summed E-state index contributed by atoms with van der Waals surface area (Å²) in [5.41, 5.74) is 1.04. The van der Waals surface area contributed by atoms with Gasteiger partial charge in [0.25, 0.3) is 0 Å².